The van der Waals surface area contributed by atoms with Crippen LogP contribution in [0.15, 0.2) is 97.1 Å². The molecule has 1 aromatic heterocycles. The van der Waals surface area contributed by atoms with Crippen molar-refractivity contribution in [3.63, 3.8) is 0 Å². The van der Waals surface area contributed by atoms with E-state index in [-0.39, 0.29) is 12.5 Å². The van der Waals surface area contributed by atoms with Crippen LogP contribution in [0.25, 0.3) is 11.3 Å². The first-order valence-electron chi connectivity index (χ1n) is 11.6. The van der Waals surface area contributed by atoms with Gasteiger partial charge in [-0.1, -0.05) is 48.5 Å². The highest BCUT2D eigenvalue weighted by Crippen LogP contribution is 2.24. The minimum Gasteiger partial charge on any atom is -0.484 e. The molecule has 7 heteroatoms. The molecule has 35 heavy (non-hydrogen) atoms. The highest BCUT2D eigenvalue weighted by Gasteiger charge is 2.22. The Bertz CT molecular complexity index is 1220. The number of amides is 1. The van der Waals surface area contributed by atoms with Crippen LogP contribution in [0.1, 0.15) is 0 Å². The molecule has 1 aliphatic heterocycles. The maximum absolute atomic E-state index is 12.7. The molecular formula is C28H26N4O3. The lowest BCUT2D eigenvalue weighted by molar-refractivity contribution is -0.133. The summed E-state index contributed by atoms with van der Waals surface area (Å²) in [5, 5.41) is 8.77. The number of piperazine rings is 1. The minimum atomic E-state index is -0.0280. The molecule has 4 aromatic rings. The van der Waals surface area contributed by atoms with Crippen LogP contribution < -0.4 is 14.4 Å². The van der Waals surface area contributed by atoms with Crippen molar-refractivity contribution in [1.29, 1.82) is 0 Å². The van der Waals surface area contributed by atoms with Crippen LogP contribution in [0.2, 0.25) is 0 Å². The second-order valence-electron chi connectivity index (χ2n) is 8.19. The average Bonchev–Trinajstić information content (AvgIpc) is 2.94. The maximum atomic E-state index is 12.7. The molecule has 0 bridgehead atoms. The highest BCUT2D eigenvalue weighted by atomic mass is 16.5. The number of hydrogen-bond acceptors (Lipinski definition) is 6. The zero-order chi connectivity index (χ0) is 23.9. The molecule has 176 valence electrons. The van der Waals surface area contributed by atoms with Crippen LogP contribution in [0.5, 0.6) is 17.2 Å². The average molecular weight is 467 g/mol. The molecule has 0 unspecified atom stereocenters. The normalized spacial score (nSPS) is 13.4. The molecule has 0 atom stereocenters. The molecule has 5 rings (SSSR count). The molecule has 2 heterocycles. The fourth-order valence-corrected chi connectivity index (χ4v) is 3.91. The molecular weight excluding hydrogens is 440 g/mol. The molecule has 7 nitrogen and oxygen atoms in total. The maximum Gasteiger partial charge on any atom is 0.260 e. The van der Waals surface area contributed by atoms with Crippen LogP contribution in [-0.4, -0.2) is 53.8 Å². The molecule has 1 amide bonds. The molecule has 1 fully saturated rings. The van der Waals surface area contributed by atoms with Crippen molar-refractivity contribution < 1.29 is 14.3 Å². The zero-order valence-electron chi connectivity index (χ0n) is 19.3. The Morgan fingerprint density at radius 1 is 0.686 bits per heavy atom. The largest absolute Gasteiger partial charge is 0.484 e. The van der Waals surface area contributed by atoms with E-state index in [2.05, 4.69) is 15.1 Å². The van der Waals surface area contributed by atoms with Crippen molar-refractivity contribution in [1.82, 2.24) is 15.1 Å². The van der Waals surface area contributed by atoms with Gasteiger partial charge in [0.2, 0.25) is 0 Å². The third-order valence-corrected chi connectivity index (χ3v) is 5.84. The summed E-state index contributed by atoms with van der Waals surface area (Å²) in [5.74, 6) is 2.91. The van der Waals surface area contributed by atoms with Gasteiger partial charge in [0.05, 0.1) is 5.69 Å². The van der Waals surface area contributed by atoms with Gasteiger partial charge in [0.15, 0.2) is 12.4 Å². The lowest BCUT2D eigenvalue weighted by atomic mass is 10.1. The highest BCUT2D eigenvalue weighted by molar-refractivity contribution is 5.78. The van der Waals surface area contributed by atoms with Gasteiger partial charge in [-0.05, 0) is 48.5 Å². The fraction of sp³-hybridized carbons (Fsp3) is 0.179. The van der Waals surface area contributed by atoms with Gasteiger partial charge in [-0.3, -0.25) is 4.79 Å². The first-order valence-corrected chi connectivity index (χ1v) is 11.6. The van der Waals surface area contributed by atoms with E-state index in [9.17, 15) is 4.79 Å². The van der Waals surface area contributed by atoms with Crippen LogP contribution >= 0.6 is 0 Å². The van der Waals surface area contributed by atoms with Crippen molar-refractivity contribution in [2.75, 3.05) is 37.7 Å². The summed E-state index contributed by atoms with van der Waals surface area (Å²) in [4.78, 5) is 16.6. The van der Waals surface area contributed by atoms with Gasteiger partial charge in [-0.25, -0.2) is 0 Å². The monoisotopic (exact) mass is 466 g/mol. The predicted molar refractivity (Wildman–Crippen MR) is 135 cm³/mol. The Kier molecular flexibility index (Phi) is 6.84. The number of carbonyl (C=O) groups is 1. The first kappa shape index (κ1) is 22.4. The summed E-state index contributed by atoms with van der Waals surface area (Å²) in [6.45, 7) is 2.65. The summed E-state index contributed by atoms with van der Waals surface area (Å²) >= 11 is 0. The SMILES string of the molecule is O=C(COc1ccc(Oc2ccccc2)cc1)N1CCN(c2ccc(-c3ccccc3)nn2)CC1. The summed E-state index contributed by atoms with van der Waals surface area (Å²) < 4.78 is 11.5. The Hall–Kier alpha value is -4.39. The van der Waals surface area contributed by atoms with Gasteiger partial charge in [0.25, 0.3) is 5.91 Å². The van der Waals surface area contributed by atoms with Crippen molar-refractivity contribution in [3.8, 4) is 28.5 Å². The molecule has 0 saturated carbocycles. The van der Waals surface area contributed by atoms with Gasteiger partial charge < -0.3 is 19.3 Å². The molecule has 0 aliphatic carbocycles. The molecule has 0 radical (unpaired) electrons. The fourth-order valence-electron chi connectivity index (χ4n) is 3.91. The van der Waals surface area contributed by atoms with Gasteiger partial charge in [-0.15, -0.1) is 10.2 Å². The topological polar surface area (TPSA) is 67.8 Å². The predicted octanol–water partition coefficient (Wildman–Crippen LogP) is 4.66. The number of rotatable bonds is 7. The van der Waals surface area contributed by atoms with Crippen LogP contribution in [-0.2, 0) is 4.79 Å². The molecule has 0 N–H and O–H groups in total. The Morgan fingerprint density at radius 2 is 1.31 bits per heavy atom. The van der Waals surface area contributed by atoms with Crippen LogP contribution in [0.3, 0.4) is 0 Å². The van der Waals surface area contributed by atoms with E-state index in [1.807, 2.05) is 89.8 Å². The summed E-state index contributed by atoms with van der Waals surface area (Å²) in [6.07, 6.45) is 0. The Morgan fingerprint density at radius 3 is 1.97 bits per heavy atom. The number of ether oxygens (including phenoxy) is 2. The van der Waals surface area contributed by atoms with Crippen molar-refractivity contribution in [2.24, 2.45) is 0 Å². The van der Waals surface area contributed by atoms with Crippen LogP contribution in [0.4, 0.5) is 5.82 Å². The van der Waals surface area contributed by atoms with Gasteiger partial charge in [0.1, 0.15) is 17.2 Å². The van der Waals surface area contributed by atoms with Gasteiger partial charge >= 0.3 is 0 Å². The summed E-state index contributed by atoms with van der Waals surface area (Å²) in [5.41, 5.74) is 1.89. The quantitative estimate of drug-likeness (QED) is 0.395. The van der Waals surface area contributed by atoms with E-state index in [0.29, 0.717) is 37.7 Å². The summed E-state index contributed by atoms with van der Waals surface area (Å²) in [7, 11) is 0. The zero-order valence-corrected chi connectivity index (χ0v) is 19.3. The first-order chi connectivity index (χ1) is 17.2. The molecule has 0 spiro atoms. The number of anilines is 1. The summed E-state index contributed by atoms with van der Waals surface area (Å²) in [6, 6.07) is 30.8. The van der Waals surface area contributed by atoms with E-state index in [0.717, 1.165) is 22.8 Å². The van der Waals surface area contributed by atoms with E-state index in [4.69, 9.17) is 9.47 Å². The number of aromatic nitrogens is 2. The molecule has 1 aliphatic rings. The van der Waals surface area contributed by atoms with Crippen molar-refractivity contribution >= 4 is 11.7 Å². The van der Waals surface area contributed by atoms with E-state index in [1.165, 1.54) is 0 Å². The lowest BCUT2D eigenvalue weighted by Crippen LogP contribution is -2.50. The number of nitrogens with zero attached hydrogens (tertiary/aromatic N) is 4. The van der Waals surface area contributed by atoms with E-state index >= 15 is 0 Å². The Balaban J connectivity index is 1.08. The number of para-hydroxylation sites is 1. The van der Waals surface area contributed by atoms with Crippen molar-refractivity contribution in [2.45, 2.75) is 0 Å². The number of hydrogen-bond donors (Lipinski definition) is 0. The number of carbonyl (C=O) groups excluding carboxylic acids is 1. The van der Waals surface area contributed by atoms with E-state index in [1.54, 1.807) is 12.1 Å². The van der Waals surface area contributed by atoms with E-state index < -0.39 is 0 Å². The second-order valence-corrected chi connectivity index (χ2v) is 8.19. The lowest BCUT2D eigenvalue weighted by Gasteiger charge is -2.35. The second kappa shape index (κ2) is 10.7. The number of benzene rings is 3. The molecule has 3 aromatic carbocycles. The smallest absolute Gasteiger partial charge is 0.260 e. The third kappa shape index (κ3) is 5.76. The molecule has 1 saturated heterocycles. The standard InChI is InChI=1S/C28H26N4O3/c33-28(21-34-23-11-13-25(14-12-23)35-24-9-5-2-6-10-24)32-19-17-31(18-20-32)27-16-15-26(29-30-27)22-7-3-1-4-8-22/h1-16H,17-21H2. The van der Waals surface area contributed by atoms with Crippen LogP contribution in [0, 0.1) is 0 Å². The van der Waals surface area contributed by atoms with Gasteiger partial charge in [0, 0.05) is 31.7 Å². The Labute approximate surface area is 204 Å². The minimum absolute atomic E-state index is 0.00443. The van der Waals surface area contributed by atoms with Crippen molar-refractivity contribution in [3.05, 3.63) is 97.1 Å². The third-order valence-electron chi connectivity index (χ3n) is 5.84. The van der Waals surface area contributed by atoms with Gasteiger partial charge in [-0.2, -0.15) is 0 Å².